The van der Waals surface area contributed by atoms with Gasteiger partial charge >= 0.3 is 6.85 Å². The van der Waals surface area contributed by atoms with Crippen LogP contribution in [0.2, 0.25) is 0 Å². The smallest absolute Gasteiger partial charge is 0.333 e. The first-order valence-corrected chi connectivity index (χ1v) is 19.2. The minimum atomic E-state index is -0.114. The molecular weight excluding hydrogens is 619 g/mol. The number of anilines is 2. The lowest BCUT2D eigenvalue weighted by Crippen LogP contribution is -2.62. The molecule has 4 heteroatoms. The van der Waals surface area contributed by atoms with Crippen LogP contribution in [0.15, 0.2) is 89.3 Å². The van der Waals surface area contributed by atoms with Gasteiger partial charge in [-0.2, -0.15) is 0 Å². The van der Waals surface area contributed by atoms with Crippen molar-refractivity contribution >= 4 is 62.0 Å². The van der Waals surface area contributed by atoms with E-state index in [-0.39, 0.29) is 28.6 Å². The Labute approximate surface area is 300 Å². The Morgan fingerprint density at radius 3 is 2.33 bits per heavy atom. The van der Waals surface area contributed by atoms with Crippen molar-refractivity contribution < 1.29 is 4.42 Å². The van der Waals surface area contributed by atoms with Crippen molar-refractivity contribution in [2.75, 3.05) is 4.90 Å². The maximum absolute atomic E-state index is 6.87. The van der Waals surface area contributed by atoms with Gasteiger partial charge in [0.05, 0.1) is 5.54 Å². The molecule has 0 N–H and O–H groups in total. The Hall–Kier alpha value is -4.70. The molecule has 2 atom stereocenters. The molecule has 2 aliphatic carbocycles. The molecule has 7 aromatic rings. The van der Waals surface area contributed by atoms with Crippen LogP contribution >= 0.6 is 0 Å². The minimum absolute atomic E-state index is 0.0172. The summed E-state index contributed by atoms with van der Waals surface area (Å²) < 4.78 is 9.69. The van der Waals surface area contributed by atoms with Gasteiger partial charge in [0, 0.05) is 66.8 Å². The van der Waals surface area contributed by atoms with Crippen LogP contribution in [0.4, 0.5) is 11.4 Å². The monoisotopic (exact) mass is 662 g/mol. The molecule has 12 rings (SSSR count). The van der Waals surface area contributed by atoms with Gasteiger partial charge in [-0.05, 0) is 70.0 Å². The van der Waals surface area contributed by atoms with E-state index in [1.807, 2.05) is 0 Å². The van der Waals surface area contributed by atoms with Gasteiger partial charge in [-0.25, -0.2) is 0 Å². The first-order valence-electron chi connectivity index (χ1n) is 19.2. The lowest BCUT2D eigenvalue weighted by Gasteiger charge is -2.52. The number of furan rings is 1. The van der Waals surface area contributed by atoms with E-state index in [0.717, 1.165) is 11.2 Å². The summed E-state index contributed by atoms with van der Waals surface area (Å²) in [6.07, 6.45) is 4.94. The fourth-order valence-corrected chi connectivity index (χ4v) is 12.0. The Morgan fingerprint density at radius 2 is 1.49 bits per heavy atom. The van der Waals surface area contributed by atoms with Crippen molar-refractivity contribution in [2.45, 2.75) is 95.9 Å². The number of benzene rings is 5. The average Bonchev–Trinajstić information content (AvgIpc) is 3.78. The van der Waals surface area contributed by atoms with E-state index in [1.165, 1.54) is 109 Å². The molecule has 5 aromatic carbocycles. The number of hydrogen-bond donors (Lipinski definition) is 0. The summed E-state index contributed by atoms with van der Waals surface area (Å²) in [5.74, 6) is 0. The highest BCUT2D eigenvalue weighted by Crippen LogP contribution is 2.63. The molecule has 2 unspecified atom stereocenters. The fraction of sp³-hybridized carbons (Fsp3) is 0.319. The zero-order chi connectivity index (χ0) is 34.6. The highest BCUT2D eigenvalue weighted by atomic mass is 16.3. The van der Waals surface area contributed by atoms with Gasteiger partial charge in [0.25, 0.3) is 0 Å². The third kappa shape index (κ3) is 3.04. The first-order chi connectivity index (χ1) is 24.4. The standard InChI is InChI=1S/C47H43BN2O/c1-44(2,3)26-23-32-43-33(24-26)48-40-34(49(43)47(7)22-13-12-21-46(32,47)6)25-36-37(28-16-9-11-20-35(28)51-36)38(40)29-17-14-18-30-39-42(50(48)41(29)30)27-15-8-10-19-31(27)45(39,4)5/h8-11,14-20,23-25H,12-13,21-22H2,1-7H3. The molecule has 0 amide bonds. The van der Waals surface area contributed by atoms with Gasteiger partial charge in [0.15, 0.2) is 0 Å². The first kappa shape index (κ1) is 28.9. The van der Waals surface area contributed by atoms with E-state index in [9.17, 15) is 0 Å². The largest absolute Gasteiger partial charge is 0.456 e. The van der Waals surface area contributed by atoms with Crippen molar-refractivity contribution in [1.82, 2.24) is 4.48 Å². The number of aromatic nitrogens is 1. The normalized spacial score (nSPS) is 23.1. The zero-order valence-corrected chi connectivity index (χ0v) is 30.8. The quantitative estimate of drug-likeness (QED) is 0.151. The topological polar surface area (TPSA) is 21.3 Å². The number of nitrogens with zero attached hydrogens (tertiary/aromatic N) is 2. The van der Waals surface area contributed by atoms with E-state index < -0.39 is 0 Å². The van der Waals surface area contributed by atoms with Gasteiger partial charge in [-0.1, -0.05) is 127 Å². The molecular formula is C47H43BN2O. The summed E-state index contributed by atoms with van der Waals surface area (Å²) in [5, 5.41) is 3.87. The number of para-hydroxylation sites is 2. The molecule has 5 heterocycles. The molecule has 0 radical (unpaired) electrons. The Kier molecular flexibility index (Phi) is 4.92. The zero-order valence-electron chi connectivity index (χ0n) is 30.8. The second-order valence-electron chi connectivity index (χ2n) is 18.4. The Morgan fingerprint density at radius 1 is 0.745 bits per heavy atom. The predicted octanol–water partition coefficient (Wildman–Crippen LogP) is 10.8. The predicted molar refractivity (Wildman–Crippen MR) is 214 cm³/mol. The van der Waals surface area contributed by atoms with Crippen LogP contribution in [0.25, 0.3) is 55.2 Å². The molecule has 0 saturated heterocycles. The van der Waals surface area contributed by atoms with Crippen LogP contribution in [0, 0.1) is 0 Å². The molecule has 3 aliphatic heterocycles. The molecule has 5 aliphatic rings. The van der Waals surface area contributed by atoms with Crippen LogP contribution < -0.4 is 15.8 Å². The van der Waals surface area contributed by atoms with Gasteiger partial charge in [0.1, 0.15) is 11.2 Å². The molecule has 3 nitrogen and oxygen atoms in total. The SMILES string of the molecule is CC(C)(C)c1cc2c3c(c1)C1(C)CCCCC1(C)N3c1cc3oc4ccccc4c3c3c1B2n1c2c(c4cccc-3c41)C(C)(C)c1ccccc1-2. The summed E-state index contributed by atoms with van der Waals surface area (Å²) in [6, 6.07) is 32.8. The van der Waals surface area contributed by atoms with Crippen molar-refractivity contribution in [3.8, 4) is 22.4 Å². The minimum Gasteiger partial charge on any atom is -0.456 e. The number of hydrogen-bond acceptors (Lipinski definition) is 2. The van der Waals surface area contributed by atoms with E-state index in [1.54, 1.807) is 5.56 Å². The van der Waals surface area contributed by atoms with Gasteiger partial charge in [0.2, 0.25) is 0 Å². The maximum Gasteiger partial charge on any atom is 0.333 e. The fourth-order valence-electron chi connectivity index (χ4n) is 12.0. The lowest BCUT2D eigenvalue weighted by atomic mass is 9.44. The third-order valence-corrected chi connectivity index (χ3v) is 14.6. The van der Waals surface area contributed by atoms with E-state index >= 15 is 0 Å². The molecule has 250 valence electrons. The van der Waals surface area contributed by atoms with Gasteiger partial charge in [-0.15, -0.1) is 0 Å². The highest BCUT2D eigenvalue weighted by molar-refractivity contribution is 6.90. The average molecular weight is 663 g/mol. The van der Waals surface area contributed by atoms with Gasteiger partial charge in [-0.3, -0.25) is 0 Å². The lowest BCUT2D eigenvalue weighted by molar-refractivity contribution is 0.195. The van der Waals surface area contributed by atoms with Crippen LogP contribution in [-0.2, 0) is 16.2 Å². The molecule has 0 spiro atoms. The molecule has 51 heavy (non-hydrogen) atoms. The summed E-state index contributed by atoms with van der Waals surface area (Å²) in [6.45, 7) is 17.3. The summed E-state index contributed by atoms with van der Waals surface area (Å²) >= 11 is 0. The van der Waals surface area contributed by atoms with Crippen LogP contribution in [0.1, 0.15) is 96.4 Å². The Bertz CT molecular complexity index is 2770. The number of rotatable bonds is 0. The van der Waals surface area contributed by atoms with E-state index in [2.05, 4.69) is 143 Å². The van der Waals surface area contributed by atoms with Crippen LogP contribution in [-0.4, -0.2) is 16.9 Å². The van der Waals surface area contributed by atoms with Crippen molar-refractivity contribution in [3.63, 3.8) is 0 Å². The van der Waals surface area contributed by atoms with E-state index in [0.29, 0.717) is 0 Å². The third-order valence-electron chi connectivity index (χ3n) is 14.6. The Balaban J connectivity index is 1.35. The molecule has 0 bridgehead atoms. The second-order valence-corrected chi connectivity index (χ2v) is 18.4. The van der Waals surface area contributed by atoms with Crippen molar-refractivity contribution in [3.05, 3.63) is 107 Å². The number of fused-ring (bicyclic) bond motifs is 16. The van der Waals surface area contributed by atoms with Crippen molar-refractivity contribution in [1.29, 1.82) is 0 Å². The highest BCUT2D eigenvalue weighted by Gasteiger charge is 2.62. The second kappa shape index (κ2) is 8.67. The summed E-state index contributed by atoms with van der Waals surface area (Å²) in [5.41, 5.74) is 20.4. The molecule has 2 aromatic heterocycles. The summed E-state index contributed by atoms with van der Waals surface area (Å²) in [4.78, 5) is 2.85. The molecule has 1 fully saturated rings. The van der Waals surface area contributed by atoms with Crippen molar-refractivity contribution in [2.24, 2.45) is 0 Å². The van der Waals surface area contributed by atoms with Crippen LogP contribution in [0.3, 0.4) is 0 Å². The maximum atomic E-state index is 6.87. The van der Waals surface area contributed by atoms with Gasteiger partial charge < -0.3 is 13.8 Å². The van der Waals surface area contributed by atoms with Crippen LogP contribution in [0.5, 0.6) is 0 Å². The molecule has 1 saturated carbocycles. The van der Waals surface area contributed by atoms with E-state index in [4.69, 9.17) is 4.42 Å². The summed E-state index contributed by atoms with van der Waals surface area (Å²) in [7, 11) is 0.